The monoisotopic (exact) mass is 1490 g/mol. The van der Waals surface area contributed by atoms with Gasteiger partial charge in [0.25, 0.3) is 5.79 Å². The van der Waals surface area contributed by atoms with E-state index in [9.17, 15) is 144 Å². The van der Waals surface area contributed by atoms with Gasteiger partial charge in [-0.25, -0.2) is 8.98 Å². The number of hydrogen-bond acceptors (Lipinski definition) is 40. The van der Waals surface area contributed by atoms with E-state index in [4.69, 9.17) is 56.8 Å². The Morgan fingerprint density at radius 3 is 1.63 bits per heavy atom. The summed E-state index contributed by atoms with van der Waals surface area (Å²) in [5.41, 5.74) is 0. The van der Waals surface area contributed by atoms with Crippen molar-refractivity contribution in [3.05, 3.63) is 0 Å². The summed E-state index contributed by atoms with van der Waals surface area (Å²) in [6, 6.07) is -7.84. The molecule has 580 valence electrons. The van der Waals surface area contributed by atoms with Crippen LogP contribution in [0.4, 0.5) is 0 Å². The molecule has 0 aromatic rings. The topological polar surface area (TPSA) is 733 Å². The molecule has 0 aromatic heterocycles. The van der Waals surface area contributed by atoms with Crippen LogP contribution in [0.2, 0.25) is 0 Å². The van der Waals surface area contributed by atoms with Crippen LogP contribution >= 0.6 is 0 Å². The molecule has 4 amide bonds. The second-order valence-electron chi connectivity index (χ2n) is 24.3. The predicted octanol–water partition coefficient (Wildman–Crippen LogP) is -17.0. The van der Waals surface area contributed by atoms with Gasteiger partial charge in [-0.1, -0.05) is 0 Å². The molecule has 0 bridgehead atoms. The van der Waals surface area contributed by atoms with Crippen molar-refractivity contribution in [3.8, 4) is 0 Å². The molecule has 0 spiro atoms. The molecule has 6 aliphatic rings. The molecule has 47 heteroatoms. The van der Waals surface area contributed by atoms with Crippen molar-refractivity contribution >= 4 is 40.0 Å². The molecule has 0 saturated carbocycles. The van der Waals surface area contributed by atoms with Gasteiger partial charge in [-0.15, -0.1) is 0 Å². The van der Waals surface area contributed by atoms with Gasteiger partial charge in [-0.3, -0.25) is 23.7 Å². The van der Waals surface area contributed by atoms with Gasteiger partial charge in [0.1, 0.15) is 159 Å². The van der Waals surface area contributed by atoms with Crippen LogP contribution in [0.25, 0.3) is 0 Å². The quantitative estimate of drug-likeness (QED) is 0.0278. The minimum Gasteiger partial charge on any atom is -0.477 e. The molecule has 0 radical (unpaired) electrons. The van der Waals surface area contributed by atoms with Crippen LogP contribution in [-0.2, 0) is 95.4 Å². The number of ether oxygens (including phenoxy) is 12. The van der Waals surface area contributed by atoms with Crippen LogP contribution in [-0.4, -0.2) is 417 Å². The molecule has 6 heterocycles. The number of aliphatic carboxylic acids is 1. The Labute approximate surface area is 566 Å². The van der Waals surface area contributed by atoms with Crippen molar-refractivity contribution in [2.75, 3.05) is 52.9 Å². The predicted molar refractivity (Wildman–Crippen MR) is 308 cm³/mol. The summed E-state index contributed by atoms with van der Waals surface area (Å²) in [5, 5.41) is 238. The molecule has 46 nitrogen and oxygen atoms in total. The maximum atomic E-state index is 13.7. The van der Waals surface area contributed by atoms with E-state index in [0.717, 1.165) is 20.8 Å². The highest BCUT2D eigenvalue weighted by molar-refractivity contribution is 7.80. The van der Waals surface area contributed by atoms with E-state index in [0.29, 0.717) is 0 Å². The standard InChI is InChI=1S/C53H90N4O42S/c1-14-30(71)37(78)39(80)49(89-14)97-46-38(79)34(75)23(9-61)91-51(46)94-41(18(6-58)54-15(2)64)32(73)21(69)12-87-47-29(56-17(4)66)36(77)42(25(93-47)13-88-100(84,85)86)95-50-40(81)45(43(24(10-62)92-50)96-48-28(55-16(3)65)35(76)33(74)22(8-60)90-48)99-53(52(82)83)5-19(67)27(57-26(70)11-63)44(98-53)31(72)20(68)7-59/h14,18-25,27-51,58-63,67-69,71-81H,5-13H2,1-4H3,(H,54,64)(H,55,65)(H,56,66)(H,57,70)(H,82,83)(H,84,85,86)/t14-,18-,19-,20+,21+,22+,23+,24+,25+,27+,28+,29+,30+,31+,32-,33-,34-,35+,36+,37+,38-,39-,40+,41+,42+,43-,44+,45+,46+,47+,48-,49-,50-,51-,53-/m0/s1. The number of rotatable bonds is 32. The maximum absolute atomic E-state index is 13.7. The van der Waals surface area contributed by atoms with Gasteiger partial charge < -0.3 is 185 Å². The highest BCUT2D eigenvalue weighted by Crippen LogP contribution is 2.41. The fourth-order valence-electron chi connectivity index (χ4n) is 11.9. The average molecular weight is 1490 g/mol. The van der Waals surface area contributed by atoms with Crippen LogP contribution < -0.4 is 21.3 Å². The smallest absolute Gasteiger partial charge is 0.397 e. The molecule has 6 saturated heterocycles. The first kappa shape index (κ1) is 84.9. The molecule has 0 aliphatic carbocycles. The lowest BCUT2D eigenvalue weighted by Crippen LogP contribution is -2.72. The Balaban J connectivity index is 1.38. The third-order valence-electron chi connectivity index (χ3n) is 17.0. The van der Waals surface area contributed by atoms with Gasteiger partial charge in [0.15, 0.2) is 31.5 Å². The second-order valence-corrected chi connectivity index (χ2v) is 25.4. The lowest BCUT2D eigenvalue weighted by molar-refractivity contribution is -0.398. The molecule has 6 rings (SSSR count). The molecule has 6 fully saturated rings. The van der Waals surface area contributed by atoms with E-state index in [1.165, 1.54) is 6.92 Å². The molecular formula is C53H90N4O42S. The average Bonchev–Trinajstić information content (AvgIpc) is 0.751. The number of carbonyl (C=O) groups excluding carboxylic acids is 4. The van der Waals surface area contributed by atoms with Gasteiger partial charge in [0.2, 0.25) is 23.6 Å². The van der Waals surface area contributed by atoms with Crippen molar-refractivity contribution in [1.29, 1.82) is 0 Å². The van der Waals surface area contributed by atoms with Crippen LogP contribution in [0.5, 0.6) is 0 Å². The Morgan fingerprint density at radius 1 is 0.550 bits per heavy atom. The molecule has 0 unspecified atom stereocenters. The molecule has 6 aliphatic heterocycles. The number of nitrogens with one attached hydrogen (secondary N) is 4. The first-order valence-corrected chi connectivity index (χ1v) is 32.2. The number of carboxylic acid groups (broad SMARTS) is 1. The summed E-state index contributed by atoms with van der Waals surface area (Å²) < 4.78 is 109. The summed E-state index contributed by atoms with van der Waals surface area (Å²) in [6.45, 7) is -6.20. The number of carbonyl (C=O) groups is 5. The normalized spacial score (nSPS) is 41.5. The van der Waals surface area contributed by atoms with Gasteiger partial charge in [0, 0.05) is 27.2 Å². The van der Waals surface area contributed by atoms with Gasteiger partial charge >= 0.3 is 16.4 Å². The number of hydrogen-bond donors (Lipinski definition) is 26. The van der Waals surface area contributed by atoms with Crippen molar-refractivity contribution in [2.45, 2.75) is 248 Å². The fourth-order valence-corrected chi connectivity index (χ4v) is 12.2. The summed E-state index contributed by atoms with van der Waals surface area (Å²) in [6.07, 6.45) is -67.4. The van der Waals surface area contributed by atoms with E-state index < -0.39 is 313 Å². The SMILES string of the molecule is CC(=O)N[C@H]1[C@H](OC[C@@H](O)[C@H](O)[C@H](O[C@@H]2O[C@H](CO)[C@H](O)[C@H](O)[C@H]2O[C@@H]2O[C@@H](C)[C@@H](O)[C@@H](O)[C@@H]2O)[C@H](CO)NC(C)=O)O[C@H](COS(=O)(=O)O)[C@@H](O[C@@H]2O[C@H](CO)[C@H](O[C@@H]3O[C@H](CO)[C@H](O)[C@H](O)[C@H]3NC(C)=O)[C@H](O[C@]3(C(=O)O)C[C@H](O)[C@@H](NC(=O)CO)[C@H]([C@H](O)[C@H](O)CO)O3)[C@H]2O)[C@@H]1O. The molecule has 35 atom stereocenters. The van der Waals surface area contributed by atoms with Crippen molar-refractivity contribution < 1.29 is 205 Å². The molecule has 0 aromatic carbocycles. The van der Waals surface area contributed by atoms with E-state index in [1.807, 2.05) is 5.32 Å². The first-order chi connectivity index (χ1) is 46.8. The minimum atomic E-state index is -5.58. The Morgan fingerprint density at radius 2 is 1.09 bits per heavy atom. The number of carboxylic acids is 1. The van der Waals surface area contributed by atoms with Crippen LogP contribution in [0.1, 0.15) is 34.1 Å². The lowest BCUT2D eigenvalue weighted by atomic mass is 9.88. The Bertz CT molecular complexity index is 2760. The van der Waals surface area contributed by atoms with Crippen molar-refractivity contribution in [1.82, 2.24) is 21.3 Å². The summed E-state index contributed by atoms with van der Waals surface area (Å²) >= 11 is 0. The summed E-state index contributed by atoms with van der Waals surface area (Å²) in [5.74, 6) is -10.1. The largest absolute Gasteiger partial charge is 0.477 e. The Kier molecular flexibility index (Phi) is 31.2. The Hall–Kier alpha value is -4.06. The van der Waals surface area contributed by atoms with Crippen LogP contribution in [0.15, 0.2) is 0 Å². The third kappa shape index (κ3) is 20.3. The van der Waals surface area contributed by atoms with Crippen molar-refractivity contribution in [3.63, 3.8) is 0 Å². The molecular weight excluding hydrogens is 1400 g/mol. The summed E-state index contributed by atoms with van der Waals surface area (Å²) in [4.78, 5) is 64.1. The van der Waals surface area contributed by atoms with E-state index in [2.05, 4.69) is 20.1 Å². The zero-order valence-electron chi connectivity index (χ0n) is 53.4. The second kappa shape index (κ2) is 36.8. The lowest BCUT2D eigenvalue weighted by Gasteiger charge is -2.52. The van der Waals surface area contributed by atoms with Gasteiger partial charge in [-0.05, 0) is 6.92 Å². The first-order valence-electron chi connectivity index (χ1n) is 30.8. The molecule has 26 N–H and O–H groups in total. The highest BCUT2D eigenvalue weighted by atomic mass is 32.3. The number of amides is 4. The van der Waals surface area contributed by atoms with E-state index in [-0.39, 0.29) is 0 Å². The zero-order valence-corrected chi connectivity index (χ0v) is 54.2. The van der Waals surface area contributed by atoms with E-state index in [1.54, 1.807) is 0 Å². The van der Waals surface area contributed by atoms with E-state index >= 15 is 0 Å². The van der Waals surface area contributed by atoms with Crippen LogP contribution in [0.3, 0.4) is 0 Å². The maximum Gasteiger partial charge on any atom is 0.397 e. The minimum absolute atomic E-state index is 0.843. The molecule has 100 heavy (non-hydrogen) atoms. The number of aliphatic hydroxyl groups is 20. The highest BCUT2D eigenvalue weighted by Gasteiger charge is 2.62. The van der Waals surface area contributed by atoms with Crippen molar-refractivity contribution in [2.24, 2.45) is 0 Å². The zero-order chi connectivity index (χ0) is 74.9. The fraction of sp³-hybridized carbons (Fsp3) is 0.906. The third-order valence-corrected chi connectivity index (χ3v) is 17.5. The summed E-state index contributed by atoms with van der Waals surface area (Å²) in [7, 11) is -5.58. The van der Waals surface area contributed by atoms with Gasteiger partial charge in [-0.2, -0.15) is 8.42 Å². The number of aliphatic hydroxyl groups excluding tert-OH is 20. The van der Waals surface area contributed by atoms with Gasteiger partial charge in [0.05, 0.1) is 70.5 Å². The van der Waals surface area contributed by atoms with Crippen LogP contribution in [0, 0.1) is 0 Å².